The first-order chi connectivity index (χ1) is 22.4. The van der Waals surface area contributed by atoms with Crippen molar-refractivity contribution in [3.8, 4) is 0 Å². The van der Waals surface area contributed by atoms with Gasteiger partial charge >= 0.3 is 6.09 Å². The number of aliphatic hydroxyl groups excluding tert-OH is 1. The van der Waals surface area contributed by atoms with Gasteiger partial charge in [-0.3, -0.25) is 14.5 Å². The van der Waals surface area contributed by atoms with Crippen molar-refractivity contribution >= 4 is 23.6 Å². The van der Waals surface area contributed by atoms with Gasteiger partial charge < -0.3 is 25.4 Å². The van der Waals surface area contributed by atoms with E-state index in [4.69, 9.17) is 4.74 Å². The molecule has 254 valence electrons. The van der Waals surface area contributed by atoms with E-state index < -0.39 is 35.8 Å². The summed E-state index contributed by atoms with van der Waals surface area (Å²) in [5.41, 5.74) is 3.29. The molecule has 0 fully saturated rings. The molecule has 3 aromatic rings. The van der Waals surface area contributed by atoms with E-state index >= 15 is 0 Å². The maximum Gasteiger partial charge on any atom is 0.413 e. The second kappa shape index (κ2) is 18.1. The number of ether oxygens (including phenoxy) is 1. The number of nitrogens with one attached hydrogen (secondary N) is 2. The molecule has 2 atom stereocenters. The SMILES string of the molecule is CCCN(CCC)C(=O)c1cc(C)cc(C(=O)N[C@@H](CCc2cc(F)cc(F)c2)[C@H](O)CNCc2cccc(N(C)C(=O)OC)c2)c1. The molecule has 0 aliphatic carbocycles. The highest BCUT2D eigenvalue weighted by molar-refractivity contribution is 6.00. The number of rotatable bonds is 16. The molecule has 3 N–H and O–H groups in total. The third kappa shape index (κ3) is 11.1. The molecular formula is C36H46F2N4O5. The first-order valence-corrected chi connectivity index (χ1v) is 15.9. The quantitative estimate of drug-likeness (QED) is 0.185. The van der Waals surface area contributed by atoms with Crippen LogP contribution in [0.15, 0.2) is 60.7 Å². The van der Waals surface area contributed by atoms with E-state index in [0.29, 0.717) is 36.4 Å². The predicted molar refractivity (Wildman–Crippen MR) is 179 cm³/mol. The average molecular weight is 653 g/mol. The molecule has 3 rings (SSSR count). The van der Waals surface area contributed by atoms with Gasteiger partial charge in [0.25, 0.3) is 11.8 Å². The normalized spacial score (nSPS) is 12.3. The van der Waals surface area contributed by atoms with Crippen LogP contribution in [-0.4, -0.2) is 73.9 Å². The van der Waals surface area contributed by atoms with Crippen molar-refractivity contribution in [2.45, 2.75) is 65.1 Å². The summed E-state index contributed by atoms with van der Waals surface area (Å²) in [6, 6.07) is 14.7. The van der Waals surface area contributed by atoms with Gasteiger partial charge in [-0.2, -0.15) is 0 Å². The number of aliphatic hydroxyl groups is 1. The van der Waals surface area contributed by atoms with Crippen LogP contribution in [0, 0.1) is 18.6 Å². The lowest BCUT2D eigenvalue weighted by atomic mass is 9.99. The van der Waals surface area contributed by atoms with Crippen LogP contribution >= 0.6 is 0 Å². The summed E-state index contributed by atoms with van der Waals surface area (Å²) in [5, 5.41) is 17.3. The Morgan fingerprint density at radius 2 is 1.57 bits per heavy atom. The summed E-state index contributed by atoms with van der Waals surface area (Å²) >= 11 is 0. The van der Waals surface area contributed by atoms with Crippen molar-refractivity contribution in [2.24, 2.45) is 0 Å². The zero-order chi connectivity index (χ0) is 34.5. The Kier molecular flexibility index (Phi) is 14.3. The van der Waals surface area contributed by atoms with Crippen LogP contribution in [0.1, 0.15) is 70.5 Å². The summed E-state index contributed by atoms with van der Waals surface area (Å²) < 4.78 is 32.5. The number of methoxy groups -OCH3 is 1. The summed E-state index contributed by atoms with van der Waals surface area (Å²) in [4.78, 5) is 41.9. The van der Waals surface area contributed by atoms with E-state index in [-0.39, 0.29) is 30.9 Å². The Bertz CT molecular complexity index is 1490. The van der Waals surface area contributed by atoms with E-state index in [9.17, 15) is 28.3 Å². The van der Waals surface area contributed by atoms with E-state index in [1.807, 2.05) is 32.9 Å². The van der Waals surface area contributed by atoms with Gasteiger partial charge in [0.05, 0.1) is 19.3 Å². The fourth-order valence-corrected chi connectivity index (χ4v) is 5.39. The van der Waals surface area contributed by atoms with Gasteiger partial charge in [0.15, 0.2) is 0 Å². The van der Waals surface area contributed by atoms with Crippen molar-refractivity contribution < 1.29 is 33.0 Å². The first kappa shape index (κ1) is 37.1. The highest BCUT2D eigenvalue weighted by atomic mass is 19.1. The molecule has 0 bridgehead atoms. The molecule has 0 spiro atoms. The number of anilines is 1. The number of carbonyl (C=O) groups is 3. The lowest BCUT2D eigenvalue weighted by molar-refractivity contribution is 0.0755. The highest BCUT2D eigenvalue weighted by Crippen LogP contribution is 2.18. The Balaban J connectivity index is 1.77. The summed E-state index contributed by atoms with van der Waals surface area (Å²) in [7, 11) is 2.90. The Morgan fingerprint density at radius 1 is 0.915 bits per heavy atom. The van der Waals surface area contributed by atoms with Crippen molar-refractivity contribution in [1.29, 1.82) is 0 Å². The fourth-order valence-electron chi connectivity index (χ4n) is 5.39. The second-order valence-corrected chi connectivity index (χ2v) is 11.7. The molecule has 0 aliphatic heterocycles. The lowest BCUT2D eigenvalue weighted by Gasteiger charge is -2.25. The molecule has 3 aromatic carbocycles. The van der Waals surface area contributed by atoms with E-state index in [0.717, 1.165) is 30.0 Å². The van der Waals surface area contributed by atoms with Gasteiger partial charge in [-0.05, 0) is 91.8 Å². The summed E-state index contributed by atoms with van der Waals surface area (Å²) in [5.74, 6) is -2.05. The fraction of sp³-hybridized carbons (Fsp3) is 0.417. The van der Waals surface area contributed by atoms with Crippen molar-refractivity contribution in [1.82, 2.24) is 15.5 Å². The third-order valence-electron chi connectivity index (χ3n) is 7.74. The number of hydrogen-bond donors (Lipinski definition) is 3. The minimum Gasteiger partial charge on any atom is -0.452 e. The summed E-state index contributed by atoms with van der Waals surface area (Å²) in [6.45, 7) is 7.47. The number of aryl methyl sites for hydroxylation is 2. The van der Waals surface area contributed by atoms with Crippen molar-refractivity contribution in [3.63, 3.8) is 0 Å². The van der Waals surface area contributed by atoms with Crippen LogP contribution in [0.5, 0.6) is 0 Å². The molecule has 0 saturated carbocycles. The number of hydrogen-bond acceptors (Lipinski definition) is 6. The molecule has 9 nitrogen and oxygen atoms in total. The minimum absolute atomic E-state index is 0.0834. The molecule has 0 aliphatic rings. The van der Waals surface area contributed by atoms with E-state index in [2.05, 4.69) is 10.6 Å². The smallest absolute Gasteiger partial charge is 0.413 e. The van der Waals surface area contributed by atoms with Crippen molar-refractivity contribution in [3.05, 3.63) is 100 Å². The van der Waals surface area contributed by atoms with Gasteiger partial charge in [0.1, 0.15) is 11.6 Å². The first-order valence-electron chi connectivity index (χ1n) is 15.9. The highest BCUT2D eigenvalue weighted by Gasteiger charge is 2.24. The van der Waals surface area contributed by atoms with Crippen LogP contribution in [0.3, 0.4) is 0 Å². The number of amides is 3. The Morgan fingerprint density at radius 3 is 2.21 bits per heavy atom. The van der Waals surface area contributed by atoms with Crippen LogP contribution in [0.4, 0.5) is 19.3 Å². The van der Waals surface area contributed by atoms with E-state index in [1.54, 1.807) is 42.3 Å². The molecular weight excluding hydrogens is 606 g/mol. The molecule has 0 saturated heterocycles. The zero-order valence-corrected chi connectivity index (χ0v) is 27.8. The molecule has 0 aromatic heterocycles. The maximum absolute atomic E-state index is 13.9. The van der Waals surface area contributed by atoms with Crippen LogP contribution in [0.2, 0.25) is 0 Å². The molecule has 0 heterocycles. The summed E-state index contributed by atoms with van der Waals surface area (Å²) in [6.07, 6.45) is 0.419. The molecule has 47 heavy (non-hydrogen) atoms. The standard InChI is InChI=1S/C36H46F2N4O5/c1-6-13-42(14-7-2)35(45)28-16-24(3)15-27(20-28)34(44)40-32(12-11-25-17-29(37)21-30(38)18-25)33(43)23-39-22-26-9-8-10-31(19-26)41(4)36(46)47-5/h8-10,15-21,32-33,39,43H,6-7,11-14,22-23H2,1-5H3,(H,40,44)/t32-,33+/m0/s1. The minimum atomic E-state index is -1.08. The molecule has 11 heteroatoms. The molecule has 3 amide bonds. The Labute approximate surface area is 275 Å². The van der Waals surface area contributed by atoms with Gasteiger partial charge in [-0.15, -0.1) is 0 Å². The largest absolute Gasteiger partial charge is 0.452 e. The topological polar surface area (TPSA) is 111 Å². The number of halogens is 2. The van der Waals surface area contributed by atoms with Crippen LogP contribution in [0.25, 0.3) is 0 Å². The monoisotopic (exact) mass is 652 g/mol. The van der Waals surface area contributed by atoms with Gasteiger partial charge in [0, 0.05) is 56.1 Å². The number of nitrogens with zero attached hydrogens (tertiary/aromatic N) is 2. The average Bonchev–Trinajstić information content (AvgIpc) is 3.04. The van der Waals surface area contributed by atoms with Gasteiger partial charge in [-0.1, -0.05) is 26.0 Å². The third-order valence-corrected chi connectivity index (χ3v) is 7.74. The molecule has 0 unspecified atom stereocenters. The van der Waals surface area contributed by atoms with Gasteiger partial charge in [-0.25, -0.2) is 13.6 Å². The number of carbonyl (C=O) groups excluding carboxylic acids is 3. The second-order valence-electron chi connectivity index (χ2n) is 11.7. The van der Waals surface area contributed by atoms with E-state index in [1.165, 1.54) is 24.1 Å². The van der Waals surface area contributed by atoms with Gasteiger partial charge in [0.2, 0.25) is 0 Å². The van der Waals surface area contributed by atoms with Crippen LogP contribution in [-0.2, 0) is 17.7 Å². The number of benzene rings is 3. The lowest BCUT2D eigenvalue weighted by Crippen LogP contribution is -2.47. The zero-order valence-electron chi connectivity index (χ0n) is 27.8. The predicted octanol–water partition coefficient (Wildman–Crippen LogP) is 5.62. The molecule has 0 radical (unpaired) electrons. The maximum atomic E-state index is 13.9. The van der Waals surface area contributed by atoms with Crippen molar-refractivity contribution in [2.75, 3.05) is 38.7 Å². The van der Waals surface area contributed by atoms with Crippen LogP contribution < -0.4 is 15.5 Å². The Hall–Kier alpha value is -4.35.